The fourth-order valence-electron chi connectivity index (χ4n) is 1.91. The molecule has 0 aliphatic rings. The molecule has 1 N–H and O–H groups in total. The van der Waals surface area contributed by atoms with Gasteiger partial charge in [0, 0.05) is 11.6 Å². The molecule has 0 aliphatic heterocycles. The van der Waals surface area contributed by atoms with Crippen LogP contribution in [0.2, 0.25) is 0 Å². The molecule has 0 bridgehead atoms. The van der Waals surface area contributed by atoms with Crippen molar-refractivity contribution in [1.29, 1.82) is 0 Å². The van der Waals surface area contributed by atoms with Crippen LogP contribution in [0.15, 0.2) is 18.2 Å². The first-order chi connectivity index (χ1) is 9.88. The van der Waals surface area contributed by atoms with Gasteiger partial charge in [-0.3, -0.25) is 14.9 Å². The monoisotopic (exact) mass is 294 g/mol. The second kappa shape index (κ2) is 7.37. The smallest absolute Gasteiger partial charge is 0.328 e. The molecule has 1 unspecified atom stereocenters. The number of hydrogen-bond donors (Lipinski definition) is 1. The van der Waals surface area contributed by atoms with Gasteiger partial charge in [-0.05, 0) is 24.5 Å². The number of rotatable bonds is 7. The van der Waals surface area contributed by atoms with Crippen molar-refractivity contribution < 1.29 is 19.2 Å². The number of nitrogens with one attached hydrogen (secondary N) is 1. The van der Waals surface area contributed by atoms with Crippen LogP contribution in [0.25, 0.3) is 0 Å². The van der Waals surface area contributed by atoms with Gasteiger partial charge in [-0.2, -0.15) is 0 Å². The molecule has 1 aromatic rings. The largest absolute Gasteiger partial charge is 0.467 e. The molecule has 0 fully saturated rings. The molecule has 0 heterocycles. The van der Waals surface area contributed by atoms with Crippen molar-refractivity contribution in [3.63, 3.8) is 0 Å². The number of nitrogens with zero attached hydrogens (tertiary/aromatic N) is 1. The second-order valence-corrected chi connectivity index (χ2v) is 5.00. The number of methoxy groups -OCH3 is 1. The number of anilines is 1. The Morgan fingerprint density at radius 1 is 1.48 bits per heavy atom. The summed E-state index contributed by atoms with van der Waals surface area (Å²) in [5, 5.41) is 13.9. The van der Waals surface area contributed by atoms with Gasteiger partial charge in [-0.1, -0.05) is 13.8 Å². The minimum absolute atomic E-state index is 0.182. The molecule has 0 saturated carbocycles. The Bertz CT molecular complexity index is 542. The summed E-state index contributed by atoms with van der Waals surface area (Å²) >= 11 is 0. The Kier molecular flexibility index (Phi) is 5.83. The summed E-state index contributed by atoms with van der Waals surface area (Å²) in [5.41, 5.74) is 0.129. The highest BCUT2D eigenvalue weighted by atomic mass is 16.6. The highest BCUT2D eigenvalue weighted by Crippen LogP contribution is 2.27. The molecule has 7 nitrogen and oxygen atoms in total. The van der Waals surface area contributed by atoms with Crippen LogP contribution in [0.4, 0.5) is 11.4 Å². The van der Waals surface area contributed by atoms with Gasteiger partial charge in [0.25, 0.3) is 5.69 Å². The van der Waals surface area contributed by atoms with Crippen LogP contribution in [0.3, 0.4) is 0 Å². The number of esters is 1. The molecule has 114 valence electrons. The normalized spacial score (nSPS) is 11.8. The Morgan fingerprint density at radius 2 is 2.14 bits per heavy atom. The van der Waals surface area contributed by atoms with E-state index in [1.165, 1.54) is 25.3 Å². The molecule has 0 spiro atoms. The lowest BCUT2D eigenvalue weighted by Crippen LogP contribution is -2.32. The standard InChI is InChI=1S/C14H18N2O5/c1-9(2)6-12(14(18)21-3)15-11-5-4-10(8-17)7-13(11)16(19)20/h4-5,7-9,12,15H,6H2,1-3H3. The van der Waals surface area contributed by atoms with Crippen LogP contribution < -0.4 is 5.32 Å². The molecule has 0 aromatic heterocycles. The maximum Gasteiger partial charge on any atom is 0.328 e. The first-order valence-electron chi connectivity index (χ1n) is 6.47. The minimum atomic E-state index is -0.684. The van der Waals surface area contributed by atoms with E-state index in [0.717, 1.165) is 0 Å². The van der Waals surface area contributed by atoms with Gasteiger partial charge in [-0.15, -0.1) is 0 Å². The van der Waals surface area contributed by atoms with E-state index in [9.17, 15) is 19.7 Å². The Morgan fingerprint density at radius 3 is 2.62 bits per heavy atom. The number of ether oxygens (including phenoxy) is 1. The minimum Gasteiger partial charge on any atom is -0.467 e. The summed E-state index contributed by atoms with van der Waals surface area (Å²) in [7, 11) is 1.27. The maximum atomic E-state index is 11.7. The van der Waals surface area contributed by atoms with Crippen molar-refractivity contribution in [3.8, 4) is 0 Å². The van der Waals surface area contributed by atoms with Crippen molar-refractivity contribution in [2.45, 2.75) is 26.3 Å². The summed E-state index contributed by atoms with van der Waals surface area (Å²) in [4.78, 5) is 32.9. The van der Waals surface area contributed by atoms with Crippen LogP contribution in [-0.2, 0) is 9.53 Å². The summed E-state index contributed by atoms with van der Waals surface area (Å²) in [6.45, 7) is 3.86. The van der Waals surface area contributed by atoms with Gasteiger partial charge in [0.1, 0.15) is 18.0 Å². The molecule has 0 radical (unpaired) electrons. The Labute approximate surface area is 122 Å². The first-order valence-corrected chi connectivity index (χ1v) is 6.47. The number of carbonyl (C=O) groups excluding carboxylic acids is 2. The number of nitro groups is 1. The fourth-order valence-corrected chi connectivity index (χ4v) is 1.91. The molecular formula is C14H18N2O5. The number of carbonyl (C=O) groups is 2. The summed E-state index contributed by atoms with van der Waals surface area (Å²) in [5.74, 6) is -0.285. The Balaban J connectivity index is 3.10. The zero-order valence-electron chi connectivity index (χ0n) is 12.2. The summed E-state index contributed by atoms with van der Waals surface area (Å²) in [6, 6.07) is 3.35. The van der Waals surface area contributed by atoms with Gasteiger partial charge in [0.2, 0.25) is 0 Å². The predicted octanol–water partition coefficient (Wildman–Crippen LogP) is 2.41. The third-order valence-corrected chi connectivity index (χ3v) is 2.88. The zero-order valence-corrected chi connectivity index (χ0v) is 12.2. The molecule has 0 amide bonds. The van der Waals surface area contributed by atoms with Crippen molar-refractivity contribution in [1.82, 2.24) is 0 Å². The molecular weight excluding hydrogens is 276 g/mol. The lowest BCUT2D eigenvalue weighted by molar-refractivity contribution is -0.384. The summed E-state index contributed by atoms with van der Waals surface area (Å²) < 4.78 is 4.70. The van der Waals surface area contributed by atoms with Crippen molar-refractivity contribution in [3.05, 3.63) is 33.9 Å². The van der Waals surface area contributed by atoms with Gasteiger partial charge in [0.15, 0.2) is 0 Å². The van der Waals surface area contributed by atoms with Gasteiger partial charge < -0.3 is 10.1 Å². The van der Waals surface area contributed by atoms with E-state index < -0.39 is 16.9 Å². The van der Waals surface area contributed by atoms with Crippen LogP contribution in [0.1, 0.15) is 30.6 Å². The van der Waals surface area contributed by atoms with E-state index in [4.69, 9.17) is 4.74 Å². The molecule has 0 saturated heterocycles. The van der Waals surface area contributed by atoms with Crippen LogP contribution in [0, 0.1) is 16.0 Å². The highest BCUT2D eigenvalue weighted by molar-refractivity contribution is 5.83. The van der Waals surface area contributed by atoms with E-state index in [0.29, 0.717) is 12.7 Å². The third-order valence-electron chi connectivity index (χ3n) is 2.88. The van der Waals surface area contributed by atoms with Crippen LogP contribution >= 0.6 is 0 Å². The SMILES string of the molecule is COC(=O)C(CC(C)C)Nc1ccc(C=O)cc1[N+](=O)[O-]. The van der Waals surface area contributed by atoms with Crippen LogP contribution in [-0.4, -0.2) is 30.3 Å². The van der Waals surface area contributed by atoms with Gasteiger partial charge in [0.05, 0.1) is 12.0 Å². The predicted molar refractivity (Wildman–Crippen MR) is 77.4 cm³/mol. The van der Waals surface area contributed by atoms with E-state index in [1.54, 1.807) is 0 Å². The average Bonchev–Trinajstić information content (AvgIpc) is 2.45. The average molecular weight is 294 g/mol. The first kappa shape index (κ1) is 16.6. The van der Waals surface area contributed by atoms with E-state index in [1.807, 2.05) is 13.8 Å². The zero-order chi connectivity index (χ0) is 16.0. The maximum absolute atomic E-state index is 11.7. The van der Waals surface area contributed by atoms with Crippen LogP contribution in [0.5, 0.6) is 0 Å². The lowest BCUT2D eigenvalue weighted by Gasteiger charge is -2.19. The van der Waals surface area contributed by atoms with Gasteiger partial charge in [-0.25, -0.2) is 4.79 Å². The number of benzene rings is 1. The quantitative estimate of drug-likeness (QED) is 0.359. The Hall–Kier alpha value is -2.44. The molecule has 7 heteroatoms. The van der Waals surface area contributed by atoms with Gasteiger partial charge >= 0.3 is 5.97 Å². The molecule has 1 aromatic carbocycles. The molecule has 21 heavy (non-hydrogen) atoms. The lowest BCUT2D eigenvalue weighted by atomic mass is 10.0. The van der Waals surface area contributed by atoms with Crippen molar-refractivity contribution in [2.75, 3.05) is 12.4 Å². The molecule has 1 rings (SSSR count). The molecule has 1 atom stereocenters. The topological polar surface area (TPSA) is 98.5 Å². The second-order valence-electron chi connectivity index (χ2n) is 5.00. The number of nitro benzene ring substituents is 1. The number of hydrogen-bond acceptors (Lipinski definition) is 6. The van der Waals surface area contributed by atoms with E-state index >= 15 is 0 Å². The molecule has 0 aliphatic carbocycles. The van der Waals surface area contributed by atoms with E-state index in [2.05, 4.69) is 5.32 Å². The highest BCUT2D eigenvalue weighted by Gasteiger charge is 2.24. The van der Waals surface area contributed by atoms with Crippen molar-refractivity contribution in [2.24, 2.45) is 5.92 Å². The van der Waals surface area contributed by atoms with E-state index in [-0.39, 0.29) is 22.9 Å². The fraction of sp³-hybridized carbons (Fsp3) is 0.429. The third kappa shape index (κ3) is 4.55. The number of aldehydes is 1. The van der Waals surface area contributed by atoms with Crippen molar-refractivity contribution >= 4 is 23.6 Å². The summed E-state index contributed by atoms with van der Waals surface area (Å²) in [6.07, 6.45) is 1.00.